The summed E-state index contributed by atoms with van der Waals surface area (Å²) in [6.45, 7) is 0. The monoisotopic (exact) mass is 533 g/mol. The summed E-state index contributed by atoms with van der Waals surface area (Å²) in [6, 6.07) is 34.5. The SMILES string of the molecule is Oc1ccccc1-c1cccc(Oc2ccc3nc4n5c6ccccc6nc5n5c6ccccc6nc5n4c3c2)n1. The van der Waals surface area contributed by atoms with Gasteiger partial charge < -0.3 is 9.84 Å². The lowest BCUT2D eigenvalue weighted by Crippen LogP contribution is -2.04. The van der Waals surface area contributed by atoms with Crippen LogP contribution in [0.5, 0.6) is 17.4 Å². The van der Waals surface area contributed by atoms with Crippen LogP contribution in [-0.4, -0.2) is 38.2 Å². The highest BCUT2D eigenvalue weighted by Gasteiger charge is 2.21. The highest BCUT2D eigenvalue weighted by molar-refractivity contribution is 5.91. The maximum absolute atomic E-state index is 10.3. The summed E-state index contributed by atoms with van der Waals surface area (Å²) >= 11 is 0. The zero-order valence-electron chi connectivity index (χ0n) is 21.4. The number of aromatic nitrogens is 7. The second-order valence-corrected chi connectivity index (χ2v) is 9.85. The van der Waals surface area contributed by atoms with E-state index in [-0.39, 0.29) is 5.75 Å². The highest BCUT2D eigenvalue weighted by Crippen LogP contribution is 2.32. The van der Waals surface area contributed by atoms with Gasteiger partial charge in [0.05, 0.1) is 38.8 Å². The van der Waals surface area contributed by atoms with E-state index in [0.717, 1.165) is 38.9 Å². The number of para-hydroxylation sites is 5. The lowest BCUT2D eigenvalue weighted by molar-refractivity contribution is 0.463. The van der Waals surface area contributed by atoms with Gasteiger partial charge in [-0.2, -0.15) is 0 Å². The highest BCUT2D eigenvalue weighted by atomic mass is 16.5. The molecule has 0 fully saturated rings. The third kappa shape index (κ3) is 3.11. The number of fused-ring (bicyclic) bond motifs is 12. The number of ether oxygens (including phenoxy) is 1. The summed E-state index contributed by atoms with van der Waals surface area (Å²) in [5, 5.41) is 10.3. The molecule has 0 saturated carbocycles. The van der Waals surface area contributed by atoms with Crippen molar-refractivity contribution in [1.29, 1.82) is 0 Å². The topological polar surface area (TPSA) is 94.2 Å². The zero-order valence-corrected chi connectivity index (χ0v) is 21.4. The number of imidazole rings is 3. The number of pyridine rings is 1. The van der Waals surface area contributed by atoms with Gasteiger partial charge in [0, 0.05) is 17.7 Å². The molecule has 9 nitrogen and oxygen atoms in total. The van der Waals surface area contributed by atoms with Crippen molar-refractivity contribution >= 4 is 50.4 Å². The Kier molecular flexibility index (Phi) is 4.29. The fraction of sp³-hybridized carbons (Fsp3) is 0. The number of benzene rings is 4. The van der Waals surface area contributed by atoms with Gasteiger partial charge in [-0.25, -0.2) is 33.1 Å². The lowest BCUT2D eigenvalue weighted by Gasteiger charge is -2.08. The van der Waals surface area contributed by atoms with E-state index >= 15 is 0 Å². The Morgan fingerprint density at radius 3 is 1.78 bits per heavy atom. The fourth-order valence-corrected chi connectivity index (χ4v) is 5.61. The van der Waals surface area contributed by atoms with Gasteiger partial charge in [0.1, 0.15) is 11.5 Å². The minimum absolute atomic E-state index is 0.166. The van der Waals surface area contributed by atoms with Crippen molar-refractivity contribution < 1.29 is 9.84 Å². The molecule has 0 spiro atoms. The van der Waals surface area contributed by atoms with Crippen molar-refractivity contribution in [2.24, 2.45) is 0 Å². The largest absolute Gasteiger partial charge is 0.507 e. The van der Waals surface area contributed by atoms with Crippen LogP contribution in [0.3, 0.4) is 0 Å². The van der Waals surface area contributed by atoms with Gasteiger partial charge >= 0.3 is 0 Å². The molecule has 1 N–H and O–H groups in total. The summed E-state index contributed by atoms with van der Waals surface area (Å²) in [5.74, 6) is 3.36. The predicted molar refractivity (Wildman–Crippen MR) is 157 cm³/mol. The van der Waals surface area contributed by atoms with Crippen molar-refractivity contribution in [3.05, 3.63) is 109 Å². The minimum Gasteiger partial charge on any atom is -0.507 e. The second kappa shape index (κ2) is 8.03. The van der Waals surface area contributed by atoms with Gasteiger partial charge in [-0.15, -0.1) is 0 Å². The summed E-state index contributed by atoms with van der Waals surface area (Å²) in [4.78, 5) is 19.7. The molecule has 0 bridgehead atoms. The van der Waals surface area contributed by atoms with E-state index in [1.807, 2.05) is 78.9 Å². The number of hydrogen-bond acceptors (Lipinski definition) is 6. The van der Waals surface area contributed by atoms with Gasteiger partial charge in [0.25, 0.3) is 0 Å². The molecule has 9 rings (SSSR count). The average molecular weight is 534 g/mol. The van der Waals surface area contributed by atoms with Crippen molar-refractivity contribution in [2.45, 2.75) is 0 Å². The molecule has 0 aliphatic rings. The Balaban J connectivity index is 1.29. The van der Waals surface area contributed by atoms with E-state index in [4.69, 9.17) is 19.7 Å². The summed E-state index contributed by atoms with van der Waals surface area (Å²) in [7, 11) is 0. The first kappa shape index (κ1) is 21.9. The van der Waals surface area contributed by atoms with Crippen LogP contribution in [0, 0.1) is 0 Å². The molecule has 41 heavy (non-hydrogen) atoms. The molecular formula is C32H19N7O2. The van der Waals surface area contributed by atoms with Gasteiger partial charge in [0.2, 0.25) is 23.2 Å². The van der Waals surface area contributed by atoms with E-state index in [9.17, 15) is 5.11 Å². The first-order chi connectivity index (χ1) is 20.2. The summed E-state index contributed by atoms with van der Waals surface area (Å²) < 4.78 is 12.4. The molecule has 0 saturated heterocycles. The van der Waals surface area contributed by atoms with Crippen molar-refractivity contribution in [3.63, 3.8) is 0 Å². The maximum atomic E-state index is 10.3. The third-order valence-electron chi connectivity index (χ3n) is 7.42. The minimum atomic E-state index is 0.166. The van der Waals surface area contributed by atoms with Crippen LogP contribution in [0.1, 0.15) is 0 Å². The molecule has 4 aromatic carbocycles. The Hall–Kier alpha value is -5.96. The Labute approximate surface area is 231 Å². The Bertz CT molecular complexity index is 2450. The van der Waals surface area contributed by atoms with Gasteiger partial charge in [-0.1, -0.05) is 42.5 Å². The Morgan fingerprint density at radius 1 is 0.512 bits per heavy atom. The van der Waals surface area contributed by atoms with Crippen LogP contribution in [0.2, 0.25) is 0 Å². The van der Waals surface area contributed by atoms with Crippen LogP contribution in [0.15, 0.2) is 109 Å². The number of phenols is 1. The molecule has 0 atom stereocenters. The van der Waals surface area contributed by atoms with Gasteiger partial charge in [-0.3, -0.25) is 0 Å². The van der Waals surface area contributed by atoms with Crippen LogP contribution in [0.25, 0.3) is 61.7 Å². The fourth-order valence-electron chi connectivity index (χ4n) is 5.61. The van der Waals surface area contributed by atoms with E-state index in [0.29, 0.717) is 34.4 Å². The molecule has 0 radical (unpaired) electrons. The quantitative estimate of drug-likeness (QED) is 0.273. The van der Waals surface area contributed by atoms with Crippen molar-refractivity contribution in [2.75, 3.05) is 0 Å². The average Bonchev–Trinajstić information content (AvgIpc) is 3.68. The molecular weight excluding hydrogens is 514 g/mol. The lowest BCUT2D eigenvalue weighted by atomic mass is 10.1. The van der Waals surface area contributed by atoms with Crippen molar-refractivity contribution in [1.82, 2.24) is 33.1 Å². The standard InChI is InChI=1S/C32H19N7O2/c40-28-14-6-1-8-20(28)21-11-7-15-29(33-21)41-19-16-17-24-27(18-19)39-31-35-23-10-3-5-13-26(23)37(31)30-34-22-9-2-4-12-25(22)38(30)32(39)36-24/h1-18,40H. The molecule has 5 heterocycles. The van der Waals surface area contributed by atoms with Crippen molar-refractivity contribution in [3.8, 4) is 28.6 Å². The number of nitrogens with zero attached hydrogens (tertiary/aromatic N) is 7. The zero-order chi connectivity index (χ0) is 27.1. The third-order valence-corrected chi connectivity index (χ3v) is 7.42. The first-order valence-corrected chi connectivity index (χ1v) is 13.1. The van der Waals surface area contributed by atoms with Gasteiger partial charge in [0.15, 0.2) is 0 Å². The molecule has 0 unspecified atom stereocenters. The van der Waals surface area contributed by atoms with Crippen LogP contribution >= 0.6 is 0 Å². The normalized spacial score (nSPS) is 12.0. The number of rotatable bonds is 3. The maximum Gasteiger partial charge on any atom is 0.225 e. The molecule has 0 aliphatic carbocycles. The van der Waals surface area contributed by atoms with Gasteiger partial charge in [-0.05, 0) is 54.6 Å². The van der Waals surface area contributed by atoms with Crippen LogP contribution < -0.4 is 4.74 Å². The van der Waals surface area contributed by atoms with E-state index in [1.54, 1.807) is 18.2 Å². The number of phenolic OH excluding ortho intramolecular Hbond substituents is 1. The molecule has 9 heteroatoms. The van der Waals surface area contributed by atoms with E-state index in [1.165, 1.54) is 0 Å². The summed E-state index contributed by atoms with van der Waals surface area (Å²) in [5.41, 5.74) is 6.58. The smallest absolute Gasteiger partial charge is 0.225 e. The molecule has 194 valence electrons. The number of aromatic hydroxyl groups is 1. The van der Waals surface area contributed by atoms with Crippen LogP contribution in [0.4, 0.5) is 0 Å². The second-order valence-electron chi connectivity index (χ2n) is 9.85. The Morgan fingerprint density at radius 2 is 1.10 bits per heavy atom. The van der Waals surface area contributed by atoms with Crippen LogP contribution in [-0.2, 0) is 0 Å². The predicted octanol–water partition coefficient (Wildman–Crippen LogP) is 6.65. The first-order valence-electron chi connectivity index (χ1n) is 13.1. The molecule has 9 aromatic rings. The van der Waals surface area contributed by atoms with E-state index in [2.05, 4.69) is 30.3 Å². The van der Waals surface area contributed by atoms with E-state index < -0.39 is 0 Å². The molecule has 5 aromatic heterocycles. The summed E-state index contributed by atoms with van der Waals surface area (Å²) in [6.07, 6.45) is 0. The molecule has 0 aliphatic heterocycles. The number of hydrogen-bond donors (Lipinski definition) is 1. The molecule has 0 amide bonds.